The number of aliphatic hydroxyl groups excluding tert-OH is 1. The molecule has 0 bridgehead atoms. The Hall–Kier alpha value is 0.400. The van der Waals surface area contributed by atoms with Gasteiger partial charge in [-0.25, -0.2) is 0 Å². The van der Waals surface area contributed by atoms with Gasteiger partial charge in [-0.1, -0.05) is 48.0 Å². The third-order valence-electron chi connectivity index (χ3n) is 3.61. The lowest BCUT2D eigenvalue weighted by atomic mass is 9.86. The average molecular weight is 293 g/mol. The zero-order valence-electron chi connectivity index (χ0n) is 10.5. The fourth-order valence-electron chi connectivity index (χ4n) is 2.62. The van der Waals surface area contributed by atoms with E-state index in [-0.39, 0.29) is 10.2 Å². The lowest BCUT2D eigenvalue weighted by Crippen LogP contribution is -2.30. The van der Waals surface area contributed by atoms with Crippen LogP contribution in [-0.4, -0.2) is 22.8 Å². The van der Waals surface area contributed by atoms with Crippen molar-refractivity contribution in [1.82, 2.24) is 0 Å². The second-order valence-corrected chi connectivity index (χ2v) is 7.22. The molecule has 0 aromatic heterocycles. The van der Waals surface area contributed by atoms with Crippen LogP contribution in [0.1, 0.15) is 58.3 Å². The van der Waals surface area contributed by atoms with Crippen LogP contribution >= 0.6 is 15.9 Å². The molecule has 0 aromatic carbocycles. The van der Waals surface area contributed by atoms with Crippen molar-refractivity contribution in [2.45, 2.75) is 68.9 Å². The van der Waals surface area contributed by atoms with Crippen LogP contribution in [0.25, 0.3) is 0 Å². The van der Waals surface area contributed by atoms with Crippen LogP contribution in [0.5, 0.6) is 0 Å². The molecular weight excluding hydrogens is 268 g/mol. The summed E-state index contributed by atoms with van der Waals surface area (Å²) < 4.78 is 5.25. The lowest BCUT2D eigenvalue weighted by molar-refractivity contribution is -0.118. The van der Waals surface area contributed by atoms with E-state index < -0.39 is 6.29 Å². The Kier molecular flexibility index (Phi) is 6.30. The second-order valence-electron chi connectivity index (χ2n) is 5.31. The highest BCUT2D eigenvalue weighted by Gasteiger charge is 2.29. The van der Waals surface area contributed by atoms with Gasteiger partial charge in [-0.15, -0.1) is 0 Å². The Morgan fingerprint density at radius 3 is 2.56 bits per heavy atom. The molecule has 0 radical (unpaired) electrons. The van der Waals surface area contributed by atoms with Crippen LogP contribution in [0.3, 0.4) is 0 Å². The minimum atomic E-state index is -0.601. The van der Waals surface area contributed by atoms with E-state index in [1.807, 2.05) is 0 Å². The Balaban J connectivity index is 2.57. The number of aliphatic hydroxyl groups is 1. The van der Waals surface area contributed by atoms with Crippen molar-refractivity contribution in [3.63, 3.8) is 0 Å². The fourth-order valence-corrected chi connectivity index (χ4v) is 3.31. The maximum Gasteiger partial charge on any atom is 0.157 e. The Morgan fingerprint density at radius 1 is 1.25 bits per heavy atom. The highest BCUT2D eigenvalue weighted by atomic mass is 79.9. The van der Waals surface area contributed by atoms with Gasteiger partial charge in [0.15, 0.2) is 6.29 Å². The van der Waals surface area contributed by atoms with Gasteiger partial charge < -0.3 is 9.84 Å². The van der Waals surface area contributed by atoms with Crippen LogP contribution in [0.2, 0.25) is 0 Å². The van der Waals surface area contributed by atoms with Crippen molar-refractivity contribution < 1.29 is 9.84 Å². The molecule has 0 aromatic rings. The average Bonchev–Trinajstić information content (AvgIpc) is 2.25. The smallest absolute Gasteiger partial charge is 0.157 e. The van der Waals surface area contributed by atoms with Crippen molar-refractivity contribution >= 4 is 15.9 Å². The molecule has 1 fully saturated rings. The molecule has 0 heterocycles. The van der Waals surface area contributed by atoms with Crippen molar-refractivity contribution in [2.24, 2.45) is 5.92 Å². The molecular formula is C13H25BrO2. The van der Waals surface area contributed by atoms with Crippen molar-refractivity contribution in [1.29, 1.82) is 0 Å². The zero-order valence-corrected chi connectivity index (χ0v) is 12.1. The number of halogens is 1. The molecule has 2 nitrogen and oxygen atoms in total. The predicted molar refractivity (Wildman–Crippen MR) is 70.8 cm³/mol. The van der Waals surface area contributed by atoms with Crippen LogP contribution < -0.4 is 0 Å². The quantitative estimate of drug-likeness (QED) is 0.619. The molecule has 1 saturated carbocycles. The molecule has 16 heavy (non-hydrogen) atoms. The number of ether oxygens (including phenoxy) is 1. The summed E-state index contributed by atoms with van der Waals surface area (Å²) in [5, 5.41) is 9.85. The van der Waals surface area contributed by atoms with Crippen LogP contribution in [0.15, 0.2) is 0 Å². The van der Waals surface area contributed by atoms with E-state index in [2.05, 4.69) is 22.9 Å². The second kappa shape index (κ2) is 6.97. The Bertz CT molecular complexity index is 194. The molecule has 0 spiro atoms. The van der Waals surface area contributed by atoms with Gasteiger partial charge in [0.25, 0.3) is 0 Å². The number of hydrogen-bond acceptors (Lipinski definition) is 2. The molecule has 3 heteroatoms. The van der Waals surface area contributed by atoms with E-state index >= 15 is 0 Å². The molecule has 1 N–H and O–H groups in total. The summed E-state index contributed by atoms with van der Waals surface area (Å²) in [4.78, 5) is 0. The van der Waals surface area contributed by atoms with E-state index in [4.69, 9.17) is 4.74 Å². The van der Waals surface area contributed by atoms with Crippen molar-refractivity contribution in [2.75, 3.05) is 7.11 Å². The third kappa shape index (κ3) is 5.15. The summed E-state index contributed by atoms with van der Waals surface area (Å²) in [7, 11) is 1.59. The van der Waals surface area contributed by atoms with Gasteiger partial charge in [0.2, 0.25) is 0 Å². The highest BCUT2D eigenvalue weighted by molar-refractivity contribution is 9.10. The summed E-state index contributed by atoms with van der Waals surface area (Å²) in [6.45, 7) is 2.24. The molecule has 0 amide bonds. The van der Waals surface area contributed by atoms with E-state index in [9.17, 15) is 5.11 Å². The minimum Gasteiger partial charge on any atom is -0.368 e. The summed E-state index contributed by atoms with van der Waals surface area (Å²) in [5.41, 5.74) is 0. The van der Waals surface area contributed by atoms with Crippen LogP contribution in [0, 0.1) is 5.92 Å². The maximum absolute atomic E-state index is 9.85. The molecule has 0 aliphatic heterocycles. The molecule has 1 aliphatic rings. The molecule has 1 aliphatic carbocycles. The van der Waals surface area contributed by atoms with Gasteiger partial charge in [0, 0.05) is 17.4 Å². The predicted octanol–water partition coefficient (Wildman–Crippen LogP) is 3.86. The first kappa shape index (κ1) is 14.5. The summed E-state index contributed by atoms with van der Waals surface area (Å²) >= 11 is 3.81. The van der Waals surface area contributed by atoms with Gasteiger partial charge in [-0.3, -0.25) is 0 Å². The minimum absolute atomic E-state index is 0.161. The third-order valence-corrected chi connectivity index (χ3v) is 4.33. The SMILES string of the molecule is COC(O)C1CCCCCCCC(C)(Br)C1. The van der Waals surface area contributed by atoms with E-state index in [0.717, 1.165) is 12.8 Å². The van der Waals surface area contributed by atoms with Crippen LogP contribution in [-0.2, 0) is 4.74 Å². The van der Waals surface area contributed by atoms with Crippen molar-refractivity contribution in [3.8, 4) is 0 Å². The Labute approximate surface area is 108 Å². The molecule has 3 atom stereocenters. The summed E-state index contributed by atoms with van der Waals surface area (Å²) in [5.74, 6) is 0.271. The maximum atomic E-state index is 9.85. The fraction of sp³-hybridized carbons (Fsp3) is 1.00. The van der Waals surface area contributed by atoms with E-state index in [1.54, 1.807) is 7.11 Å². The van der Waals surface area contributed by atoms with E-state index in [1.165, 1.54) is 38.5 Å². The number of methoxy groups -OCH3 is 1. The zero-order chi connectivity index (χ0) is 12.0. The largest absolute Gasteiger partial charge is 0.368 e. The van der Waals surface area contributed by atoms with Crippen molar-refractivity contribution in [3.05, 3.63) is 0 Å². The van der Waals surface area contributed by atoms with Gasteiger partial charge >= 0.3 is 0 Å². The van der Waals surface area contributed by atoms with Gasteiger partial charge in [-0.05, 0) is 26.2 Å². The summed E-state index contributed by atoms with van der Waals surface area (Å²) in [6, 6.07) is 0. The standard InChI is InChI=1S/C13H25BrO2/c1-13(14)9-7-5-3-4-6-8-11(10-13)12(15)16-2/h11-12,15H,3-10H2,1-2H3. The van der Waals surface area contributed by atoms with Gasteiger partial charge in [-0.2, -0.15) is 0 Å². The molecule has 96 valence electrons. The number of rotatable bonds is 2. The summed E-state index contributed by atoms with van der Waals surface area (Å²) in [6.07, 6.45) is 9.16. The topological polar surface area (TPSA) is 29.5 Å². The monoisotopic (exact) mass is 292 g/mol. The number of alkyl halides is 1. The molecule has 0 saturated heterocycles. The Morgan fingerprint density at radius 2 is 1.88 bits per heavy atom. The van der Waals surface area contributed by atoms with E-state index in [0.29, 0.717) is 0 Å². The lowest BCUT2D eigenvalue weighted by Gasteiger charge is -2.31. The normalized spacial score (nSPS) is 35.6. The number of hydrogen-bond donors (Lipinski definition) is 1. The van der Waals surface area contributed by atoms with Gasteiger partial charge in [0.1, 0.15) is 0 Å². The molecule has 1 rings (SSSR count). The van der Waals surface area contributed by atoms with Gasteiger partial charge in [0.05, 0.1) is 0 Å². The van der Waals surface area contributed by atoms with Crippen LogP contribution in [0.4, 0.5) is 0 Å². The molecule has 3 unspecified atom stereocenters. The first-order chi connectivity index (χ1) is 7.55. The first-order valence-electron chi connectivity index (χ1n) is 6.45. The first-order valence-corrected chi connectivity index (χ1v) is 7.24. The highest BCUT2D eigenvalue weighted by Crippen LogP contribution is 2.36.